The third kappa shape index (κ3) is 10.4. The molecule has 0 bridgehead atoms. The molecule has 5 nitrogen and oxygen atoms in total. The molecule has 4 aromatic rings. The van der Waals surface area contributed by atoms with Gasteiger partial charge in [-0.05, 0) is 87.3 Å². The SMILES string of the molecule is C.CC(=O)Cc1ccc(Cc2cc(C)nc(C3CCCC3)n2)cc1.CCCc1ccc(Cc2cc(C)nc(C3CCCC3)n2)cc1. The van der Waals surface area contributed by atoms with Crippen LogP contribution in [0.1, 0.15) is 148 Å². The Balaban J connectivity index is 0.000000205. The largest absolute Gasteiger partial charge is 0.300 e. The van der Waals surface area contributed by atoms with Gasteiger partial charge >= 0.3 is 0 Å². The average Bonchev–Trinajstić information content (AvgIpc) is 3.75. The van der Waals surface area contributed by atoms with E-state index in [1.807, 2.05) is 12.1 Å². The van der Waals surface area contributed by atoms with Crippen molar-refractivity contribution in [3.8, 4) is 0 Å². The van der Waals surface area contributed by atoms with E-state index >= 15 is 0 Å². The summed E-state index contributed by atoms with van der Waals surface area (Å²) < 4.78 is 0. The second-order valence-electron chi connectivity index (χ2n) is 13.3. The van der Waals surface area contributed by atoms with E-state index in [4.69, 9.17) is 9.97 Å². The lowest BCUT2D eigenvalue weighted by Gasteiger charge is -2.11. The summed E-state index contributed by atoms with van der Waals surface area (Å²) >= 11 is 0. The van der Waals surface area contributed by atoms with Gasteiger partial charge in [0.15, 0.2) is 0 Å². The number of hydrogen-bond donors (Lipinski definition) is 0. The fraction of sp³-hybridized carbons (Fsp3) is 0.488. The van der Waals surface area contributed by atoms with Crippen LogP contribution in [0.15, 0.2) is 60.7 Å². The molecule has 0 amide bonds. The van der Waals surface area contributed by atoms with Crippen LogP contribution < -0.4 is 0 Å². The number of rotatable bonds is 10. The molecule has 2 aromatic heterocycles. The Labute approximate surface area is 277 Å². The third-order valence-corrected chi connectivity index (χ3v) is 9.10. The van der Waals surface area contributed by atoms with Crippen molar-refractivity contribution >= 4 is 5.78 Å². The van der Waals surface area contributed by atoms with Gasteiger partial charge in [-0.15, -0.1) is 0 Å². The number of ketones is 1. The minimum absolute atomic E-state index is 0. The van der Waals surface area contributed by atoms with Crippen LogP contribution in [0, 0.1) is 13.8 Å². The zero-order chi connectivity index (χ0) is 31.6. The maximum Gasteiger partial charge on any atom is 0.134 e. The van der Waals surface area contributed by atoms with E-state index in [1.165, 1.54) is 80.9 Å². The molecule has 46 heavy (non-hydrogen) atoms. The zero-order valence-corrected chi connectivity index (χ0v) is 27.8. The molecule has 6 rings (SSSR count). The van der Waals surface area contributed by atoms with E-state index in [9.17, 15) is 4.79 Å². The van der Waals surface area contributed by atoms with Crippen molar-refractivity contribution in [3.63, 3.8) is 0 Å². The van der Waals surface area contributed by atoms with Crippen LogP contribution in [0.2, 0.25) is 0 Å². The van der Waals surface area contributed by atoms with Gasteiger partial charge in [-0.1, -0.05) is 95.0 Å². The van der Waals surface area contributed by atoms with Gasteiger partial charge in [0.25, 0.3) is 0 Å². The maximum absolute atomic E-state index is 11.2. The van der Waals surface area contributed by atoms with E-state index in [2.05, 4.69) is 79.3 Å². The highest BCUT2D eigenvalue weighted by Gasteiger charge is 2.21. The van der Waals surface area contributed by atoms with Crippen LogP contribution in [0.25, 0.3) is 0 Å². The van der Waals surface area contributed by atoms with Crippen LogP contribution in [0.4, 0.5) is 0 Å². The fourth-order valence-corrected chi connectivity index (χ4v) is 6.82. The Kier molecular flexibility index (Phi) is 13.2. The maximum atomic E-state index is 11.2. The second-order valence-corrected chi connectivity index (χ2v) is 13.3. The Bertz CT molecular complexity index is 1530. The summed E-state index contributed by atoms with van der Waals surface area (Å²) in [4.78, 5) is 30.2. The molecule has 0 N–H and O–H groups in total. The van der Waals surface area contributed by atoms with E-state index in [0.29, 0.717) is 18.3 Å². The van der Waals surface area contributed by atoms with E-state index < -0.39 is 0 Å². The number of aromatic nitrogens is 4. The minimum Gasteiger partial charge on any atom is -0.300 e. The van der Waals surface area contributed by atoms with Crippen molar-refractivity contribution in [2.45, 2.75) is 130 Å². The van der Waals surface area contributed by atoms with Crippen molar-refractivity contribution < 1.29 is 4.79 Å². The Morgan fingerprint density at radius 2 is 1.02 bits per heavy atom. The first kappa shape index (κ1) is 35.1. The number of carbonyl (C=O) groups is 1. The normalized spacial score (nSPS) is 14.9. The second kappa shape index (κ2) is 17.3. The van der Waals surface area contributed by atoms with Crippen LogP contribution >= 0.6 is 0 Å². The van der Waals surface area contributed by atoms with Gasteiger partial charge in [0, 0.05) is 53.9 Å². The lowest BCUT2D eigenvalue weighted by Crippen LogP contribution is -2.06. The molecule has 0 atom stereocenters. The predicted octanol–water partition coefficient (Wildman–Crippen LogP) is 9.79. The molecule has 0 unspecified atom stereocenters. The standard InChI is InChI=1S/C20H24N2O.C20H26N2.CH4/c1-14-11-19(22-20(21-14)18-5-3-4-6-18)13-17-9-7-16(8-10-17)12-15(2)23;1-3-6-16-9-11-17(12-10-16)14-19-13-15(2)21-20(22-19)18-7-4-5-8-18;/h7-11,18H,3-6,12-13H2,1-2H3;9-13,18H,3-8,14H2,1-2H3;1H4. The van der Waals surface area contributed by atoms with Gasteiger partial charge in [0.05, 0.1) is 0 Å². The van der Waals surface area contributed by atoms with Gasteiger partial charge in [0.2, 0.25) is 0 Å². The molecule has 244 valence electrons. The van der Waals surface area contributed by atoms with Crippen molar-refractivity contribution in [2.75, 3.05) is 0 Å². The summed E-state index contributed by atoms with van der Waals surface area (Å²) in [5.41, 5.74) is 9.50. The molecular formula is C41H54N4O. The highest BCUT2D eigenvalue weighted by Crippen LogP contribution is 2.33. The molecule has 0 aliphatic heterocycles. The van der Waals surface area contributed by atoms with Crippen LogP contribution in [0.3, 0.4) is 0 Å². The quantitative estimate of drug-likeness (QED) is 0.177. The number of carbonyl (C=O) groups excluding carboxylic acids is 1. The molecule has 0 radical (unpaired) electrons. The van der Waals surface area contributed by atoms with E-state index in [0.717, 1.165) is 52.8 Å². The van der Waals surface area contributed by atoms with Gasteiger partial charge in [-0.2, -0.15) is 0 Å². The van der Waals surface area contributed by atoms with Gasteiger partial charge in [0.1, 0.15) is 17.4 Å². The van der Waals surface area contributed by atoms with Crippen molar-refractivity contribution in [2.24, 2.45) is 0 Å². The first-order valence-electron chi connectivity index (χ1n) is 17.2. The third-order valence-electron chi connectivity index (χ3n) is 9.10. The topological polar surface area (TPSA) is 68.6 Å². The fourth-order valence-electron chi connectivity index (χ4n) is 6.82. The molecule has 5 heteroatoms. The van der Waals surface area contributed by atoms with Gasteiger partial charge < -0.3 is 0 Å². The first-order chi connectivity index (χ1) is 21.8. The molecule has 2 aliphatic carbocycles. The summed E-state index contributed by atoms with van der Waals surface area (Å²) in [5.74, 6) is 3.45. The number of nitrogens with zero attached hydrogens (tertiary/aromatic N) is 4. The highest BCUT2D eigenvalue weighted by atomic mass is 16.1. The van der Waals surface area contributed by atoms with Crippen molar-refractivity contribution in [3.05, 3.63) is 117 Å². The Morgan fingerprint density at radius 3 is 1.41 bits per heavy atom. The number of hydrogen-bond acceptors (Lipinski definition) is 5. The number of aryl methyl sites for hydroxylation is 3. The van der Waals surface area contributed by atoms with E-state index in [1.54, 1.807) is 6.92 Å². The van der Waals surface area contributed by atoms with Crippen LogP contribution in [-0.4, -0.2) is 25.7 Å². The average molecular weight is 619 g/mol. The highest BCUT2D eigenvalue weighted by molar-refractivity contribution is 5.78. The molecule has 2 fully saturated rings. The molecule has 2 aromatic carbocycles. The van der Waals surface area contributed by atoms with Gasteiger partial charge in [-0.3, -0.25) is 4.79 Å². The lowest BCUT2D eigenvalue weighted by atomic mass is 10.0. The molecule has 2 heterocycles. The molecule has 0 spiro atoms. The Morgan fingerprint density at radius 1 is 0.630 bits per heavy atom. The summed E-state index contributed by atoms with van der Waals surface area (Å²) in [5, 5.41) is 0. The first-order valence-corrected chi connectivity index (χ1v) is 17.2. The molecule has 2 saturated carbocycles. The summed E-state index contributed by atoms with van der Waals surface area (Å²) in [6, 6.07) is 21.5. The molecular weight excluding hydrogens is 564 g/mol. The van der Waals surface area contributed by atoms with Crippen LogP contribution in [-0.2, 0) is 30.5 Å². The van der Waals surface area contributed by atoms with E-state index in [-0.39, 0.29) is 13.2 Å². The summed E-state index contributed by atoms with van der Waals surface area (Å²) in [6.07, 6.45) is 14.8. The summed E-state index contributed by atoms with van der Waals surface area (Å²) in [7, 11) is 0. The summed E-state index contributed by atoms with van der Waals surface area (Å²) in [6.45, 7) is 8.00. The molecule has 2 aliphatic rings. The van der Waals surface area contributed by atoms with Crippen LogP contribution in [0.5, 0.6) is 0 Å². The van der Waals surface area contributed by atoms with Gasteiger partial charge in [-0.25, -0.2) is 19.9 Å². The predicted molar refractivity (Wildman–Crippen MR) is 190 cm³/mol. The minimum atomic E-state index is 0. The smallest absolute Gasteiger partial charge is 0.134 e. The zero-order valence-electron chi connectivity index (χ0n) is 27.8. The number of Topliss-reactive ketones (excluding diaryl/α,β-unsaturated/α-hetero) is 1. The number of benzene rings is 2. The van der Waals surface area contributed by atoms with Crippen molar-refractivity contribution in [1.29, 1.82) is 0 Å². The molecule has 0 saturated heterocycles. The Hall–Kier alpha value is -3.73. The van der Waals surface area contributed by atoms with Crippen molar-refractivity contribution in [1.82, 2.24) is 19.9 Å². The monoisotopic (exact) mass is 618 g/mol. The lowest BCUT2D eigenvalue weighted by molar-refractivity contribution is -0.116.